The molecule has 2 aliphatic carbocycles. The van der Waals surface area contributed by atoms with Crippen LogP contribution < -0.4 is 0 Å². The fraction of sp³-hybridized carbons (Fsp3) is 0.100. The molecule has 6 aromatic carbocycles. The van der Waals surface area contributed by atoms with Gasteiger partial charge in [0, 0.05) is 59.1 Å². The molecule has 0 N–H and O–H groups in total. The van der Waals surface area contributed by atoms with E-state index in [-0.39, 0.29) is 71.5 Å². The Balaban J connectivity index is 1.23. The number of alkyl halides is 6. The van der Waals surface area contributed by atoms with E-state index < -0.39 is 23.5 Å². The summed E-state index contributed by atoms with van der Waals surface area (Å²) in [6, 6.07) is 49.3. The number of rotatable bonds is 14. The molecule has 0 saturated heterocycles. The highest BCUT2D eigenvalue weighted by Crippen LogP contribution is 2.38. The fourth-order valence-corrected chi connectivity index (χ4v) is 8.31. The Hall–Kier alpha value is -8.84. The molecule has 2 aliphatic rings. The lowest BCUT2D eigenvalue weighted by Crippen LogP contribution is -2.15. The van der Waals surface area contributed by atoms with Crippen molar-refractivity contribution in [3.63, 3.8) is 0 Å². The Morgan fingerprint density at radius 2 is 0.644 bits per heavy atom. The van der Waals surface area contributed by atoms with Gasteiger partial charge in [-0.1, -0.05) is 121 Å². The van der Waals surface area contributed by atoms with E-state index >= 15 is 0 Å². The van der Waals surface area contributed by atoms with E-state index in [0.717, 1.165) is 46.5 Å². The Labute approximate surface area is 416 Å². The third-order valence-electron chi connectivity index (χ3n) is 12.0. The number of carbonyl (C=O) groups excluding carboxylic acids is 2. The van der Waals surface area contributed by atoms with Gasteiger partial charge in [0.25, 0.3) is 0 Å². The summed E-state index contributed by atoms with van der Waals surface area (Å²) >= 11 is 0. The zero-order chi connectivity index (χ0) is 51.0. The second kappa shape index (κ2) is 21.7. The van der Waals surface area contributed by atoms with Crippen LogP contribution in [0.15, 0.2) is 265 Å². The summed E-state index contributed by atoms with van der Waals surface area (Å²) in [5.41, 5.74) is 4.74. The first-order chi connectivity index (χ1) is 35.2. The van der Waals surface area contributed by atoms with Crippen LogP contribution in [0.25, 0.3) is 11.4 Å². The van der Waals surface area contributed by atoms with Crippen LogP contribution in [0.2, 0.25) is 0 Å². The number of Topliss-reactive ketones (excluding diaryl/α,β-unsaturated/α-hetero) is 2. The van der Waals surface area contributed by atoms with Crippen molar-refractivity contribution in [3.05, 3.63) is 285 Å². The first kappa shape index (κ1) is 49.2. The van der Waals surface area contributed by atoms with E-state index in [9.17, 15) is 35.9 Å². The third-order valence-corrected chi connectivity index (χ3v) is 12.0. The predicted molar refractivity (Wildman–Crippen MR) is 267 cm³/mol. The number of allylic oxidation sites excluding steroid dienone is 10. The number of azo groups is 2. The van der Waals surface area contributed by atoms with E-state index in [1.54, 1.807) is 36.4 Å². The number of nitrogens with zero attached hydrogens (tertiary/aromatic N) is 4. The highest BCUT2D eigenvalue weighted by molar-refractivity contribution is 6.12. The van der Waals surface area contributed by atoms with E-state index in [4.69, 9.17) is 4.42 Å². The van der Waals surface area contributed by atoms with Gasteiger partial charge in [-0.2, -0.15) is 36.6 Å². The third kappa shape index (κ3) is 12.4. The number of hydrogen-bond acceptors (Lipinski definition) is 7. The van der Waals surface area contributed by atoms with Crippen LogP contribution in [-0.4, -0.2) is 11.6 Å². The number of ketones is 2. The molecule has 13 heteroatoms. The Kier molecular flexibility index (Phi) is 14.6. The van der Waals surface area contributed by atoms with Gasteiger partial charge in [0.1, 0.15) is 11.4 Å². The molecule has 0 aliphatic heterocycles. The van der Waals surface area contributed by atoms with Crippen molar-refractivity contribution in [2.75, 3.05) is 0 Å². The number of furan rings is 1. The van der Waals surface area contributed by atoms with Crippen molar-refractivity contribution in [3.8, 4) is 0 Å². The second-order valence-electron chi connectivity index (χ2n) is 17.2. The minimum atomic E-state index is -4.58. The normalized spacial score (nSPS) is 14.3. The van der Waals surface area contributed by atoms with Crippen LogP contribution in [0.4, 0.5) is 37.7 Å². The van der Waals surface area contributed by atoms with Gasteiger partial charge in [-0.3, -0.25) is 9.59 Å². The molecule has 0 saturated carbocycles. The molecule has 9 rings (SSSR count). The molecule has 0 spiro atoms. The lowest BCUT2D eigenvalue weighted by Gasteiger charge is -2.18. The smallest absolute Gasteiger partial charge is 0.416 e. The van der Waals surface area contributed by atoms with Gasteiger partial charge in [-0.15, -0.1) is 10.2 Å². The molecule has 1 heterocycles. The van der Waals surface area contributed by atoms with Gasteiger partial charge >= 0.3 is 12.4 Å². The molecule has 73 heavy (non-hydrogen) atoms. The van der Waals surface area contributed by atoms with Gasteiger partial charge in [0.05, 0.1) is 22.5 Å². The number of hydrogen-bond donors (Lipinski definition) is 0. The zero-order valence-electron chi connectivity index (χ0n) is 38.7. The van der Waals surface area contributed by atoms with Gasteiger partial charge < -0.3 is 4.42 Å². The zero-order valence-corrected chi connectivity index (χ0v) is 38.7. The van der Waals surface area contributed by atoms with Crippen LogP contribution >= 0.6 is 0 Å². The summed E-state index contributed by atoms with van der Waals surface area (Å²) in [4.78, 5) is 28.6. The Morgan fingerprint density at radius 3 is 0.904 bits per heavy atom. The molecular formula is C60H42F6N4O3. The van der Waals surface area contributed by atoms with Gasteiger partial charge in [-0.05, 0) is 107 Å². The first-order valence-electron chi connectivity index (χ1n) is 23.1. The summed E-state index contributed by atoms with van der Waals surface area (Å²) in [7, 11) is 0. The Morgan fingerprint density at radius 1 is 0.370 bits per heavy atom. The molecule has 362 valence electrons. The molecule has 0 amide bonds. The molecule has 7 aromatic rings. The Bertz CT molecular complexity index is 3050. The second-order valence-corrected chi connectivity index (χ2v) is 17.2. The van der Waals surface area contributed by atoms with Crippen molar-refractivity contribution in [1.82, 2.24) is 0 Å². The fourth-order valence-electron chi connectivity index (χ4n) is 8.31. The van der Waals surface area contributed by atoms with Crippen molar-refractivity contribution in [2.24, 2.45) is 20.5 Å². The van der Waals surface area contributed by atoms with Crippen molar-refractivity contribution in [1.29, 1.82) is 0 Å². The van der Waals surface area contributed by atoms with E-state index in [2.05, 4.69) is 20.5 Å². The molecule has 0 fully saturated rings. The maximum absolute atomic E-state index is 14.3. The van der Waals surface area contributed by atoms with Gasteiger partial charge in [0.15, 0.2) is 23.1 Å². The summed E-state index contributed by atoms with van der Waals surface area (Å²) in [6.07, 6.45) is -1.35. The van der Waals surface area contributed by atoms with Crippen LogP contribution in [0.3, 0.4) is 0 Å². The maximum atomic E-state index is 14.3. The molecular weight excluding hydrogens is 939 g/mol. The highest BCUT2D eigenvalue weighted by Gasteiger charge is 2.31. The van der Waals surface area contributed by atoms with E-state index in [1.165, 1.54) is 24.3 Å². The van der Waals surface area contributed by atoms with Gasteiger partial charge in [-0.25, -0.2) is 0 Å². The standard InChI is InChI=1S/C60H42F6N4O3/c61-59(62,63)49-21-25-51(26-22-49)67-69-55(43-35-45(31-39-13-5-1-6-14-39)57(71)46(36-43)32-40-15-7-2-8-16-40)53-29-30-54(73-53)56(70-68-52-27-23-50(24-28-52)60(64,65)66)44-37-47(33-41-17-9-3-10-18-41)58(72)48(38-44)34-42-19-11-4-12-20-42/h1-30,35-38H,31-34H2. The van der Waals surface area contributed by atoms with Crippen LogP contribution in [-0.2, 0) is 47.6 Å². The summed E-state index contributed by atoms with van der Waals surface area (Å²) in [5, 5.41) is 18.0. The highest BCUT2D eigenvalue weighted by atomic mass is 19.4. The first-order valence-corrected chi connectivity index (χ1v) is 23.1. The van der Waals surface area contributed by atoms with E-state index in [0.29, 0.717) is 33.4 Å². The SMILES string of the molecule is O=C1C(Cc2ccccc2)=CC(=C(N=Nc2ccc(C(F)(F)F)cc2)c2ccc(C(N=Nc3ccc(C(F)(F)F)cc3)=C3C=C(Cc4ccccc4)C(=O)C(Cc4ccccc4)=C3)o2)C=C1Cc1ccccc1. The quantitative estimate of drug-likeness (QED) is 0.0802. The molecule has 7 nitrogen and oxygen atoms in total. The monoisotopic (exact) mass is 980 g/mol. The van der Waals surface area contributed by atoms with Crippen molar-refractivity contribution >= 4 is 34.3 Å². The van der Waals surface area contributed by atoms with Crippen LogP contribution in [0, 0.1) is 0 Å². The number of carbonyl (C=O) groups is 2. The number of halogens is 6. The molecule has 0 radical (unpaired) electrons. The van der Waals surface area contributed by atoms with Crippen molar-refractivity contribution in [2.45, 2.75) is 38.0 Å². The van der Waals surface area contributed by atoms with E-state index in [1.807, 2.05) is 121 Å². The maximum Gasteiger partial charge on any atom is 0.416 e. The summed E-state index contributed by atoms with van der Waals surface area (Å²) in [5.74, 6) is -0.154. The average molecular weight is 981 g/mol. The predicted octanol–water partition coefficient (Wildman–Crippen LogP) is 16.1. The van der Waals surface area contributed by atoms with Crippen LogP contribution in [0.5, 0.6) is 0 Å². The molecule has 0 bridgehead atoms. The number of benzene rings is 6. The van der Waals surface area contributed by atoms with Gasteiger partial charge in [0.2, 0.25) is 0 Å². The molecule has 1 aromatic heterocycles. The topological polar surface area (TPSA) is 96.7 Å². The summed E-state index contributed by atoms with van der Waals surface area (Å²) < 4.78 is 88.2. The minimum absolute atomic E-state index is 0.0962. The minimum Gasteiger partial charge on any atom is -0.453 e. The molecule has 0 unspecified atom stereocenters. The molecule has 0 atom stereocenters. The lowest BCUT2D eigenvalue weighted by molar-refractivity contribution is -0.138. The van der Waals surface area contributed by atoms with Crippen LogP contribution in [0.1, 0.15) is 44.9 Å². The average Bonchev–Trinajstić information content (AvgIpc) is 3.87. The van der Waals surface area contributed by atoms with Crippen molar-refractivity contribution < 1.29 is 40.3 Å². The summed E-state index contributed by atoms with van der Waals surface area (Å²) in [6.45, 7) is 0. The lowest BCUT2D eigenvalue weighted by atomic mass is 9.86. The largest absolute Gasteiger partial charge is 0.453 e.